The number of esters is 1. The molecule has 2 N–H and O–H groups in total. The van der Waals surface area contributed by atoms with E-state index in [1.807, 2.05) is 0 Å². The number of aryl methyl sites for hydroxylation is 1. The fourth-order valence-electron chi connectivity index (χ4n) is 1.41. The van der Waals surface area contributed by atoms with E-state index in [1.54, 1.807) is 6.92 Å². The van der Waals surface area contributed by atoms with Crippen LogP contribution in [0.1, 0.15) is 23.8 Å². The Morgan fingerprint density at radius 3 is 2.76 bits per heavy atom. The largest absolute Gasteiger partial charge is 0.469 e. The molecule has 0 aliphatic rings. The summed E-state index contributed by atoms with van der Waals surface area (Å²) in [7, 11) is 1.18. The fraction of sp³-hybridized carbons (Fsp3) is 0.455. The molecule has 5 nitrogen and oxygen atoms in total. The molecule has 0 aliphatic carbocycles. The molecule has 0 aliphatic heterocycles. The minimum Gasteiger partial charge on any atom is -0.469 e. The van der Waals surface area contributed by atoms with Gasteiger partial charge >= 0.3 is 5.97 Å². The highest BCUT2D eigenvalue weighted by atomic mass is 19.1. The topological polar surface area (TPSA) is 79.7 Å². The molecule has 0 fully saturated rings. The number of rotatable bonds is 4. The molecule has 2 unspecified atom stereocenters. The summed E-state index contributed by atoms with van der Waals surface area (Å²) in [6.45, 7) is 1.56. The van der Waals surface area contributed by atoms with Crippen LogP contribution < -0.4 is 0 Å². The summed E-state index contributed by atoms with van der Waals surface area (Å²) >= 11 is 0. The SMILES string of the molecule is COC(=O)CC(O)C(O)c1ncc(F)cc1C. The monoisotopic (exact) mass is 243 g/mol. The second kappa shape index (κ2) is 5.70. The first-order chi connectivity index (χ1) is 7.95. The van der Waals surface area contributed by atoms with E-state index >= 15 is 0 Å². The molecule has 0 amide bonds. The van der Waals surface area contributed by atoms with Gasteiger partial charge in [0.25, 0.3) is 0 Å². The minimum atomic E-state index is -1.35. The van der Waals surface area contributed by atoms with E-state index in [0.29, 0.717) is 5.56 Å². The van der Waals surface area contributed by atoms with E-state index in [4.69, 9.17) is 0 Å². The second-order valence-electron chi connectivity index (χ2n) is 3.65. The van der Waals surface area contributed by atoms with Crippen molar-refractivity contribution in [1.82, 2.24) is 4.98 Å². The fourth-order valence-corrected chi connectivity index (χ4v) is 1.41. The molecule has 0 saturated heterocycles. The van der Waals surface area contributed by atoms with Gasteiger partial charge in [0.2, 0.25) is 0 Å². The van der Waals surface area contributed by atoms with Gasteiger partial charge in [-0.2, -0.15) is 0 Å². The number of nitrogens with zero attached hydrogens (tertiary/aromatic N) is 1. The van der Waals surface area contributed by atoms with Crippen LogP contribution in [0.4, 0.5) is 4.39 Å². The van der Waals surface area contributed by atoms with Gasteiger partial charge in [-0.25, -0.2) is 4.39 Å². The summed E-state index contributed by atoms with van der Waals surface area (Å²) in [4.78, 5) is 14.6. The molecular weight excluding hydrogens is 229 g/mol. The zero-order chi connectivity index (χ0) is 13.0. The highest BCUT2D eigenvalue weighted by Gasteiger charge is 2.24. The predicted molar refractivity (Wildman–Crippen MR) is 56.5 cm³/mol. The third kappa shape index (κ3) is 3.47. The van der Waals surface area contributed by atoms with Gasteiger partial charge in [-0.3, -0.25) is 9.78 Å². The Bertz CT molecular complexity index is 410. The summed E-state index contributed by atoms with van der Waals surface area (Å²) < 4.78 is 17.2. The lowest BCUT2D eigenvalue weighted by Crippen LogP contribution is -2.24. The molecule has 1 aromatic rings. The quantitative estimate of drug-likeness (QED) is 0.752. The maximum atomic E-state index is 12.8. The Labute approximate surface area is 97.9 Å². The van der Waals surface area contributed by atoms with E-state index in [-0.39, 0.29) is 12.1 Å². The number of carbonyl (C=O) groups is 1. The molecule has 0 aromatic carbocycles. The van der Waals surface area contributed by atoms with Gasteiger partial charge in [0.05, 0.1) is 31.5 Å². The van der Waals surface area contributed by atoms with Crippen LogP contribution in [0.15, 0.2) is 12.3 Å². The summed E-state index contributed by atoms with van der Waals surface area (Å²) in [6.07, 6.45) is -2.10. The highest BCUT2D eigenvalue weighted by Crippen LogP contribution is 2.20. The summed E-state index contributed by atoms with van der Waals surface area (Å²) in [6, 6.07) is 1.19. The molecule has 1 aromatic heterocycles. The Balaban J connectivity index is 2.81. The average Bonchev–Trinajstić information content (AvgIpc) is 2.28. The van der Waals surface area contributed by atoms with Gasteiger partial charge in [0, 0.05) is 0 Å². The van der Waals surface area contributed by atoms with Crippen LogP contribution in [0.25, 0.3) is 0 Å². The van der Waals surface area contributed by atoms with Crippen molar-refractivity contribution >= 4 is 5.97 Å². The van der Waals surface area contributed by atoms with Crippen molar-refractivity contribution in [3.05, 3.63) is 29.3 Å². The van der Waals surface area contributed by atoms with Crippen molar-refractivity contribution in [3.8, 4) is 0 Å². The van der Waals surface area contributed by atoms with Crippen LogP contribution in [0, 0.1) is 12.7 Å². The Morgan fingerprint density at radius 1 is 1.59 bits per heavy atom. The van der Waals surface area contributed by atoms with Gasteiger partial charge in [0.15, 0.2) is 0 Å². The van der Waals surface area contributed by atoms with Gasteiger partial charge in [0.1, 0.15) is 11.9 Å². The number of methoxy groups -OCH3 is 1. The van der Waals surface area contributed by atoms with Crippen molar-refractivity contribution < 1.29 is 24.1 Å². The van der Waals surface area contributed by atoms with E-state index < -0.39 is 24.0 Å². The first kappa shape index (κ1) is 13.5. The summed E-state index contributed by atoms with van der Waals surface area (Å²) in [5.41, 5.74) is 0.546. The van der Waals surface area contributed by atoms with Crippen LogP contribution in [0.5, 0.6) is 0 Å². The number of hydrogen-bond acceptors (Lipinski definition) is 5. The second-order valence-corrected chi connectivity index (χ2v) is 3.65. The first-order valence-corrected chi connectivity index (χ1v) is 5.00. The zero-order valence-electron chi connectivity index (χ0n) is 9.55. The van der Waals surface area contributed by atoms with E-state index in [9.17, 15) is 19.4 Å². The standard InChI is InChI=1S/C11H14FNO4/c1-6-3-7(12)5-13-10(6)11(16)8(14)4-9(15)17-2/h3,5,8,11,14,16H,4H2,1-2H3. The van der Waals surface area contributed by atoms with Gasteiger partial charge in [-0.05, 0) is 18.6 Å². The third-order valence-corrected chi connectivity index (χ3v) is 2.33. The molecule has 17 heavy (non-hydrogen) atoms. The number of hydrogen-bond donors (Lipinski definition) is 2. The number of aliphatic hydroxyl groups is 2. The van der Waals surface area contributed by atoms with Crippen molar-refractivity contribution in [3.63, 3.8) is 0 Å². The maximum absolute atomic E-state index is 12.8. The Hall–Kier alpha value is -1.53. The van der Waals surface area contributed by atoms with E-state index in [0.717, 1.165) is 6.20 Å². The minimum absolute atomic E-state index is 0.141. The van der Waals surface area contributed by atoms with Gasteiger partial charge < -0.3 is 14.9 Å². The van der Waals surface area contributed by atoms with Crippen molar-refractivity contribution in [2.45, 2.75) is 25.6 Å². The molecule has 6 heteroatoms. The normalized spacial score (nSPS) is 14.2. The molecule has 0 saturated carbocycles. The number of halogens is 1. The summed E-state index contributed by atoms with van der Waals surface area (Å²) in [5.74, 6) is -1.17. The van der Waals surface area contributed by atoms with E-state index in [1.165, 1.54) is 13.2 Å². The predicted octanol–water partition coefficient (Wildman–Crippen LogP) is 0.487. The number of aliphatic hydroxyl groups excluding tert-OH is 2. The average molecular weight is 243 g/mol. The Morgan fingerprint density at radius 2 is 2.24 bits per heavy atom. The van der Waals surface area contributed by atoms with E-state index in [2.05, 4.69) is 9.72 Å². The molecule has 1 rings (SSSR count). The number of pyridine rings is 1. The van der Waals surface area contributed by atoms with Crippen LogP contribution in [-0.4, -0.2) is 34.4 Å². The van der Waals surface area contributed by atoms with Crippen molar-refractivity contribution in [2.24, 2.45) is 0 Å². The van der Waals surface area contributed by atoms with Crippen molar-refractivity contribution in [1.29, 1.82) is 0 Å². The third-order valence-electron chi connectivity index (χ3n) is 2.33. The van der Waals surface area contributed by atoms with Crippen LogP contribution in [0.2, 0.25) is 0 Å². The molecule has 2 atom stereocenters. The zero-order valence-corrected chi connectivity index (χ0v) is 9.55. The smallest absolute Gasteiger partial charge is 0.308 e. The molecule has 94 valence electrons. The van der Waals surface area contributed by atoms with Crippen LogP contribution >= 0.6 is 0 Å². The first-order valence-electron chi connectivity index (χ1n) is 5.00. The number of aromatic nitrogens is 1. The highest BCUT2D eigenvalue weighted by molar-refractivity contribution is 5.69. The lowest BCUT2D eigenvalue weighted by molar-refractivity contribution is -0.144. The molecule has 0 spiro atoms. The van der Waals surface area contributed by atoms with Crippen LogP contribution in [-0.2, 0) is 9.53 Å². The summed E-state index contributed by atoms with van der Waals surface area (Å²) in [5, 5.41) is 19.3. The van der Waals surface area contributed by atoms with Gasteiger partial charge in [-0.15, -0.1) is 0 Å². The lowest BCUT2D eigenvalue weighted by atomic mass is 10.0. The number of carbonyl (C=O) groups excluding carboxylic acids is 1. The van der Waals surface area contributed by atoms with Crippen LogP contribution in [0.3, 0.4) is 0 Å². The molecule has 0 bridgehead atoms. The lowest BCUT2D eigenvalue weighted by Gasteiger charge is -2.17. The maximum Gasteiger partial charge on any atom is 0.308 e. The molecule has 0 radical (unpaired) electrons. The number of ether oxygens (including phenoxy) is 1. The Kier molecular flexibility index (Phi) is 4.53. The van der Waals surface area contributed by atoms with Crippen molar-refractivity contribution in [2.75, 3.05) is 7.11 Å². The molecular formula is C11H14FNO4. The molecule has 1 heterocycles. The van der Waals surface area contributed by atoms with Gasteiger partial charge in [-0.1, -0.05) is 0 Å².